The van der Waals surface area contributed by atoms with E-state index in [1.165, 1.54) is 6.07 Å². The van der Waals surface area contributed by atoms with E-state index in [4.69, 9.17) is 5.26 Å². The van der Waals surface area contributed by atoms with Crippen LogP contribution in [0.15, 0.2) is 42.5 Å². The number of nitriles is 1. The number of carbonyl (C=O) groups is 1. The number of aromatic hydroxyl groups is 1. The highest BCUT2D eigenvalue weighted by Crippen LogP contribution is 2.23. The van der Waals surface area contributed by atoms with Crippen molar-refractivity contribution in [2.45, 2.75) is 0 Å². The molecule has 0 aromatic heterocycles. The van der Waals surface area contributed by atoms with Crippen LogP contribution in [0.5, 0.6) is 5.75 Å². The molecular formula is C16H14N2O2. The first-order valence-electron chi connectivity index (χ1n) is 6.07. The summed E-state index contributed by atoms with van der Waals surface area (Å²) in [5.41, 5.74) is 2.16. The number of ketones is 1. The standard InChI is InChI=1S/C16H14N2O2/c1-18(2)14-7-13(8-15(19)9-14)16(20)12-5-3-11(10-17)4-6-12/h3-9,19H,1-2H3. The van der Waals surface area contributed by atoms with E-state index in [1.807, 2.05) is 25.1 Å². The van der Waals surface area contributed by atoms with Crippen LogP contribution in [0.2, 0.25) is 0 Å². The maximum atomic E-state index is 12.4. The van der Waals surface area contributed by atoms with Crippen molar-refractivity contribution in [2.75, 3.05) is 19.0 Å². The Morgan fingerprint density at radius 3 is 2.30 bits per heavy atom. The third kappa shape index (κ3) is 2.78. The highest BCUT2D eigenvalue weighted by Gasteiger charge is 2.12. The predicted molar refractivity (Wildman–Crippen MR) is 77.0 cm³/mol. The summed E-state index contributed by atoms with van der Waals surface area (Å²) in [6.45, 7) is 0. The van der Waals surface area contributed by atoms with Gasteiger partial charge in [-0.05, 0) is 36.4 Å². The Hall–Kier alpha value is -2.80. The lowest BCUT2D eigenvalue weighted by Crippen LogP contribution is -2.10. The number of hydrogen-bond donors (Lipinski definition) is 1. The summed E-state index contributed by atoms with van der Waals surface area (Å²) in [4.78, 5) is 14.2. The first-order chi connectivity index (χ1) is 9.51. The van der Waals surface area contributed by atoms with Crippen molar-refractivity contribution in [1.29, 1.82) is 5.26 Å². The molecule has 2 aromatic carbocycles. The number of phenolic OH excluding ortho intramolecular Hbond substituents is 1. The summed E-state index contributed by atoms with van der Waals surface area (Å²) in [5, 5.41) is 18.4. The Morgan fingerprint density at radius 2 is 1.75 bits per heavy atom. The van der Waals surface area contributed by atoms with Crippen molar-refractivity contribution in [3.05, 3.63) is 59.2 Å². The first kappa shape index (κ1) is 13.6. The van der Waals surface area contributed by atoms with Gasteiger partial charge >= 0.3 is 0 Å². The summed E-state index contributed by atoms with van der Waals surface area (Å²) in [6, 6.07) is 13.2. The number of benzene rings is 2. The van der Waals surface area contributed by atoms with Gasteiger partial charge in [-0.1, -0.05) is 0 Å². The molecule has 0 saturated heterocycles. The fraction of sp³-hybridized carbons (Fsp3) is 0.125. The molecule has 0 fully saturated rings. The summed E-state index contributed by atoms with van der Waals surface area (Å²) in [6.07, 6.45) is 0. The molecule has 0 heterocycles. The van der Waals surface area contributed by atoms with Crippen LogP contribution in [-0.2, 0) is 0 Å². The van der Waals surface area contributed by atoms with Crippen molar-refractivity contribution < 1.29 is 9.90 Å². The fourth-order valence-electron chi connectivity index (χ4n) is 1.85. The monoisotopic (exact) mass is 266 g/mol. The molecule has 2 aromatic rings. The van der Waals surface area contributed by atoms with E-state index in [9.17, 15) is 9.90 Å². The molecule has 100 valence electrons. The fourth-order valence-corrected chi connectivity index (χ4v) is 1.85. The van der Waals surface area contributed by atoms with Crippen LogP contribution >= 0.6 is 0 Å². The van der Waals surface area contributed by atoms with Crippen molar-refractivity contribution in [3.63, 3.8) is 0 Å². The third-order valence-electron chi connectivity index (χ3n) is 2.96. The van der Waals surface area contributed by atoms with Gasteiger partial charge < -0.3 is 10.0 Å². The molecule has 0 amide bonds. The molecule has 4 heteroatoms. The molecule has 0 aliphatic rings. The van der Waals surface area contributed by atoms with Gasteiger partial charge in [-0.15, -0.1) is 0 Å². The van der Waals surface area contributed by atoms with E-state index in [1.54, 1.807) is 36.4 Å². The second-order valence-electron chi connectivity index (χ2n) is 4.65. The van der Waals surface area contributed by atoms with Crippen LogP contribution < -0.4 is 4.90 Å². The normalized spacial score (nSPS) is 9.85. The zero-order chi connectivity index (χ0) is 14.7. The van der Waals surface area contributed by atoms with Crippen molar-refractivity contribution >= 4 is 11.5 Å². The van der Waals surface area contributed by atoms with Crippen LogP contribution in [0.4, 0.5) is 5.69 Å². The molecule has 0 unspecified atom stereocenters. The van der Waals surface area contributed by atoms with Crippen LogP contribution in [0.3, 0.4) is 0 Å². The van der Waals surface area contributed by atoms with E-state index < -0.39 is 0 Å². The number of hydrogen-bond acceptors (Lipinski definition) is 4. The predicted octanol–water partition coefficient (Wildman–Crippen LogP) is 2.56. The molecule has 0 aliphatic carbocycles. The quantitative estimate of drug-likeness (QED) is 0.867. The van der Waals surface area contributed by atoms with E-state index in [-0.39, 0.29) is 11.5 Å². The number of nitrogens with zero attached hydrogens (tertiary/aromatic N) is 2. The van der Waals surface area contributed by atoms with Crippen LogP contribution in [0.1, 0.15) is 21.5 Å². The summed E-state index contributed by atoms with van der Waals surface area (Å²) >= 11 is 0. The summed E-state index contributed by atoms with van der Waals surface area (Å²) in [7, 11) is 3.68. The van der Waals surface area contributed by atoms with Gasteiger partial charge in [0.25, 0.3) is 0 Å². The molecular weight excluding hydrogens is 252 g/mol. The zero-order valence-corrected chi connectivity index (χ0v) is 11.3. The molecule has 4 nitrogen and oxygen atoms in total. The molecule has 1 N–H and O–H groups in total. The van der Waals surface area contributed by atoms with Gasteiger partial charge in [0.05, 0.1) is 11.6 Å². The van der Waals surface area contributed by atoms with E-state index >= 15 is 0 Å². The number of anilines is 1. The van der Waals surface area contributed by atoms with E-state index in [0.29, 0.717) is 16.7 Å². The smallest absolute Gasteiger partial charge is 0.193 e. The summed E-state index contributed by atoms with van der Waals surface area (Å²) < 4.78 is 0. The molecule has 0 aliphatic heterocycles. The lowest BCUT2D eigenvalue weighted by molar-refractivity contribution is 0.103. The second-order valence-corrected chi connectivity index (χ2v) is 4.65. The second kappa shape index (κ2) is 5.45. The number of phenols is 1. The van der Waals surface area contributed by atoms with E-state index in [0.717, 1.165) is 5.69 Å². The van der Waals surface area contributed by atoms with Gasteiger partial charge in [0.1, 0.15) is 5.75 Å². The summed E-state index contributed by atoms with van der Waals surface area (Å²) in [5.74, 6) is -0.137. The SMILES string of the molecule is CN(C)c1cc(O)cc(C(=O)c2ccc(C#N)cc2)c1. The Labute approximate surface area is 117 Å². The van der Waals surface area contributed by atoms with Crippen LogP contribution in [0, 0.1) is 11.3 Å². The van der Waals surface area contributed by atoms with Crippen LogP contribution in [-0.4, -0.2) is 25.0 Å². The van der Waals surface area contributed by atoms with Gasteiger partial charge in [0.2, 0.25) is 0 Å². The molecule has 2 rings (SSSR count). The van der Waals surface area contributed by atoms with E-state index in [2.05, 4.69) is 0 Å². The van der Waals surface area contributed by atoms with Crippen LogP contribution in [0.25, 0.3) is 0 Å². The molecule has 0 bridgehead atoms. The molecule has 0 spiro atoms. The molecule has 20 heavy (non-hydrogen) atoms. The highest BCUT2D eigenvalue weighted by molar-refractivity contribution is 6.09. The minimum Gasteiger partial charge on any atom is -0.508 e. The zero-order valence-electron chi connectivity index (χ0n) is 11.3. The number of rotatable bonds is 3. The molecule has 0 saturated carbocycles. The Bertz CT molecular complexity index is 683. The van der Waals surface area contributed by atoms with Crippen molar-refractivity contribution in [2.24, 2.45) is 0 Å². The largest absolute Gasteiger partial charge is 0.508 e. The maximum Gasteiger partial charge on any atom is 0.193 e. The Kier molecular flexibility index (Phi) is 3.72. The van der Waals surface area contributed by atoms with Crippen molar-refractivity contribution in [1.82, 2.24) is 0 Å². The highest BCUT2D eigenvalue weighted by atomic mass is 16.3. The minimum absolute atomic E-state index is 0.0493. The first-order valence-corrected chi connectivity index (χ1v) is 6.07. The molecule has 0 atom stereocenters. The Balaban J connectivity index is 2.40. The lowest BCUT2D eigenvalue weighted by atomic mass is 10.0. The van der Waals surface area contributed by atoms with Crippen molar-refractivity contribution in [3.8, 4) is 11.8 Å². The third-order valence-corrected chi connectivity index (χ3v) is 2.96. The van der Waals surface area contributed by atoms with Gasteiger partial charge in [0, 0.05) is 37.0 Å². The Morgan fingerprint density at radius 1 is 1.10 bits per heavy atom. The minimum atomic E-state index is -0.187. The molecule has 0 radical (unpaired) electrons. The average molecular weight is 266 g/mol. The maximum absolute atomic E-state index is 12.4. The average Bonchev–Trinajstić information content (AvgIpc) is 2.46. The van der Waals surface area contributed by atoms with Gasteiger partial charge in [0.15, 0.2) is 5.78 Å². The number of carbonyl (C=O) groups excluding carboxylic acids is 1. The van der Waals surface area contributed by atoms with Gasteiger partial charge in [-0.3, -0.25) is 4.79 Å². The topological polar surface area (TPSA) is 64.3 Å². The van der Waals surface area contributed by atoms with Gasteiger partial charge in [-0.25, -0.2) is 0 Å². The van der Waals surface area contributed by atoms with Gasteiger partial charge in [-0.2, -0.15) is 5.26 Å². The lowest BCUT2D eigenvalue weighted by Gasteiger charge is -2.14.